The normalized spacial score (nSPS) is 13.2. The number of halogens is 2. The minimum Gasteiger partial charge on any atom is -0.456 e. The summed E-state index contributed by atoms with van der Waals surface area (Å²) in [5, 5.41) is 0.0370. The number of allylic oxidation sites excluding steroid dienone is 1. The smallest absolute Gasteiger partial charge is 0.294 e. The van der Waals surface area contributed by atoms with E-state index in [-0.39, 0.29) is 22.9 Å². The lowest BCUT2D eigenvalue weighted by Crippen LogP contribution is -2.03. The third-order valence-electron chi connectivity index (χ3n) is 2.95. The molecular formula is C13H10F2O7S2. The van der Waals surface area contributed by atoms with Crippen LogP contribution in [0, 0.1) is 0 Å². The summed E-state index contributed by atoms with van der Waals surface area (Å²) in [5.41, 5.74) is 0. The molecule has 11 heteroatoms. The van der Waals surface area contributed by atoms with Crippen molar-refractivity contribution >= 4 is 31.0 Å². The molecule has 0 fully saturated rings. The van der Waals surface area contributed by atoms with Crippen molar-refractivity contribution in [3.63, 3.8) is 0 Å². The second kappa shape index (κ2) is 6.43. The van der Waals surface area contributed by atoms with Crippen molar-refractivity contribution in [1.82, 2.24) is 0 Å². The Kier molecular flexibility index (Phi) is 4.90. The van der Waals surface area contributed by atoms with Gasteiger partial charge in [-0.25, -0.2) is 8.78 Å². The van der Waals surface area contributed by atoms with Gasteiger partial charge in [-0.2, -0.15) is 16.8 Å². The highest BCUT2D eigenvalue weighted by atomic mass is 32.2. The van der Waals surface area contributed by atoms with E-state index >= 15 is 0 Å². The fraction of sp³-hybridized carbons (Fsp3) is 0.0769. The average molecular weight is 380 g/mol. The first-order valence-corrected chi connectivity index (χ1v) is 9.00. The first-order chi connectivity index (χ1) is 11.1. The lowest BCUT2D eigenvalue weighted by atomic mass is 10.1. The molecule has 2 rings (SSSR count). The van der Waals surface area contributed by atoms with E-state index in [0.29, 0.717) is 0 Å². The van der Waals surface area contributed by atoms with Gasteiger partial charge in [0.05, 0.1) is 9.79 Å². The van der Waals surface area contributed by atoms with Crippen molar-refractivity contribution in [2.75, 3.05) is 6.67 Å². The fourth-order valence-corrected chi connectivity index (χ4v) is 2.95. The molecule has 0 radical (unpaired) electrons. The summed E-state index contributed by atoms with van der Waals surface area (Å²) in [7, 11) is -9.29. The summed E-state index contributed by atoms with van der Waals surface area (Å²) in [6, 6.07) is 4.80. The number of rotatable bonds is 5. The zero-order valence-corrected chi connectivity index (χ0v) is 13.3. The van der Waals surface area contributed by atoms with Crippen LogP contribution in [0.1, 0.15) is 0 Å². The second-order valence-electron chi connectivity index (χ2n) is 4.57. The topological polar surface area (TPSA) is 118 Å². The number of ether oxygens (including phenoxy) is 1. The Morgan fingerprint density at radius 2 is 1.62 bits per heavy atom. The monoisotopic (exact) mass is 380 g/mol. The van der Waals surface area contributed by atoms with Gasteiger partial charge in [-0.15, -0.1) is 0 Å². The van der Waals surface area contributed by atoms with E-state index < -0.39 is 42.5 Å². The van der Waals surface area contributed by atoms with Crippen LogP contribution in [0.25, 0.3) is 10.8 Å². The number of benzene rings is 2. The predicted molar refractivity (Wildman–Crippen MR) is 79.4 cm³/mol. The number of fused-ring (bicyclic) bond motifs is 1. The standard InChI is InChI=1S/C13H10F2O7S2/c14-6-9(7-15)22-13-5-11(24(19,20)21)4-8-3-10(23(16,17)18)1-2-12(8)13/h1-6H,7H2,(H,16,17,18)(H,19,20,21)/b9-6-. The third-order valence-corrected chi connectivity index (χ3v) is 4.63. The Hall–Kier alpha value is -2.08. The molecule has 0 bridgehead atoms. The maximum absolute atomic E-state index is 12.6. The van der Waals surface area contributed by atoms with Crippen molar-refractivity contribution in [1.29, 1.82) is 0 Å². The molecule has 0 amide bonds. The van der Waals surface area contributed by atoms with E-state index in [1.807, 2.05) is 0 Å². The van der Waals surface area contributed by atoms with Crippen LogP contribution >= 0.6 is 0 Å². The van der Waals surface area contributed by atoms with Crippen molar-refractivity contribution in [2.24, 2.45) is 0 Å². The van der Waals surface area contributed by atoms with Crippen LogP contribution in [-0.2, 0) is 20.2 Å². The molecule has 0 saturated heterocycles. The lowest BCUT2D eigenvalue weighted by Gasteiger charge is -2.11. The molecule has 0 aliphatic rings. The number of alkyl halides is 1. The van der Waals surface area contributed by atoms with E-state index in [1.165, 1.54) is 0 Å². The highest BCUT2D eigenvalue weighted by Crippen LogP contribution is 2.32. The summed E-state index contributed by atoms with van der Waals surface area (Å²) in [6.45, 7) is -1.32. The maximum Gasteiger partial charge on any atom is 0.294 e. The Morgan fingerprint density at radius 1 is 1.04 bits per heavy atom. The molecule has 0 spiro atoms. The molecule has 2 N–H and O–H groups in total. The molecule has 24 heavy (non-hydrogen) atoms. The van der Waals surface area contributed by atoms with Crippen LogP contribution in [0.5, 0.6) is 5.75 Å². The first-order valence-electron chi connectivity index (χ1n) is 6.12. The molecule has 2 aromatic carbocycles. The van der Waals surface area contributed by atoms with Crippen LogP contribution in [0.3, 0.4) is 0 Å². The van der Waals surface area contributed by atoms with Crippen LogP contribution < -0.4 is 4.74 Å². The van der Waals surface area contributed by atoms with Gasteiger partial charge in [-0.1, -0.05) is 0 Å². The molecule has 0 atom stereocenters. The summed E-state index contributed by atoms with van der Waals surface area (Å²) >= 11 is 0. The highest BCUT2D eigenvalue weighted by molar-refractivity contribution is 7.86. The SMILES string of the molecule is O=S(=O)(O)c1ccc2c(O/C(=C\F)CF)cc(S(=O)(=O)O)cc2c1. The van der Waals surface area contributed by atoms with Gasteiger partial charge in [0.25, 0.3) is 20.2 Å². The highest BCUT2D eigenvalue weighted by Gasteiger charge is 2.18. The van der Waals surface area contributed by atoms with E-state index in [2.05, 4.69) is 0 Å². The molecule has 0 heterocycles. The summed E-state index contributed by atoms with van der Waals surface area (Å²) in [4.78, 5) is -1.23. The number of hydrogen-bond acceptors (Lipinski definition) is 5. The van der Waals surface area contributed by atoms with Gasteiger partial charge in [0.15, 0.2) is 5.76 Å². The van der Waals surface area contributed by atoms with Crippen LogP contribution in [-0.4, -0.2) is 32.6 Å². The zero-order valence-electron chi connectivity index (χ0n) is 11.7. The van der Waals surface area contributed by atoms with Gasteiger partial charge in [-0.05, 0) is 29.7 Å². The van der Waals surface area contributed by atoms with Gasteiger partial charge < -0.3 is 4.74 Å². The third kappa shape index (κ3) is 3.87. The molecule has 7 nitrogen and oxygen atoms in total. The molecule has 0 saturated carbocycles. The summed E-state index contributed by atoms with van der Waals surface area (Å²) in [6.07, 6.45) is -0.168. The van der Waals surface area contributed by atoms with Crippen LogP contribution in [0.4, 0.5) is 8.78 Å². The van der Waals surface area contributed by atoms with Crippen molar-refractivity contribution in [2.45, 2.75) is 9.79 Å². The molecular weight excluding hydrogens is 370 g/mol. The average Bonchev–Trinajstić information content (AvgIpc) is 2.49. The maximum atomic E-state index is 12.6. The van der Waals surface area contributed by atoms with Gasteiger partial charge in [-0.3, -0.25) is 9.11 Å². The summed E-state index contributed by atoms with van der Waals surface area (Å²) < 4.78 is 93.1. The zero-order chi connectivity index (χ0) is 18.1. The van der Waals surface area contributed by atoms with E-state index in [0.717, 1.165) is 30.3 Å². The minimum absolute atomic E-state index is 0.0627. The molecule has 0 aliphatic heterocycles. The largest absolute Gasteiger partial charge is 0.456 e. The fourth-order valence-electron chi connectivity index (χ4n) is 1.90. The van der Waals surface area contributed by atoms with Crippen LogP contribution in [0.2, 0.25) is 0 Å². The molecule has 0 aliphatic carbocycles. The van der Waals surface area contributed by atoms with Gasteiger partial charge in [0, 0.05) is 11.5 Å². The van der Waals surface area contributed by atoms with Crippen LogP contribution in [0.15, 0.2) is 52.2 Å². The lowest BCUT2D eigenvalue weighted by molar-refractivity contribution is 0.349. The quantitative estimate of drug-likeness (QED) is 0.604. The minimum atomic E-state index is -4.71. The van der Waals surface area contributed by atoms with E-state index in [1.54, 1.807) is 0 Å². The van der Waals surface area contributed by atoms with Gasteiger partial charge >= 0.3 is 0 Å². The Labute approximate surface area is 135 Å². The van der Waals surface area contributed by atoms with Crippen molar-refractivity contribution in [3.8, 4) is 5.75 Å². The molecule has 2 aromatic rings. The molecule has 130 valence electrons. The van der Waals surface area contributed by atoms with E-state index in [9.17, 15) is 25.6 Å². The Bertz CT molecular complexity index is 1020. The van der Waals surface area contributed by atoms with E-state index in [4.69, 9.17) is 13.8 Å². The Morgan fingerprint density at radius 3 is 2.12 bits per heavy atom. The second-order valence-corrected chi connectivity index (χ2v) is 7.41. The molecule has 0 aromatic heterocycles. The predicted octanol–water partition coefficient (Wildman–Crippen LogP) is 2.49. The number of hydrogen-bond donors (Lipinski definition) is 2. The summed E-state index contributed by atoms with van der Waals surface area (Å²) in [5.74, 6) is -1.09. The van der Waals surface area contributed by atoms with Crippen molar-refractivity contribution < 1.29 is 39.5 Å². The molecule has 0 unspecified atom stereocenters. The van der Waals surface area contributed by atoms with Crippen molar-refractivity contribution in [3.05, 3.63) is 42.4 Å². The first kappa shape index (κ1) is 18.3. The van der Waals surface area contributed by atoms with Gasteiger partial charge in [0.1, 0.15) is 18.8 Å². The Balaban J connectivity index is 2.80. The van der Waals surface area contributed by atoms with Gasteiger partial charge in [0.2, 0.25) is 0 Å².